The third-order valence-corrected chi connectivity index (χ3v) is 8.01. The fraction of sp³-hybridized carbons (Fsp3) is 0.0833. The maximum atomic E-state index is 6.75. The number of rotatable bonds is 7. The third kappa shape index (κ3) is 3.88. The van der Waals surface area contributed by atoms with Gasteiger partial charge in [-0.05, 0) is 35.0 Å². The van der Waals surface area contributed by atoms with Gasteiger partial charge in [0.2, 0.25) is 0 Å². The number of methoxy groups -OCH3 is 1. The lowest BCUT2D eigenvalue weighted by molar-refractivity contribution is 0.394. The quantitative estimate of drug-likeness (QED) is 0.565. The van der Waals surface area contributed by atoms with Crippen LogP contribution in [0.25, 0.3) is 6.08 Å². The molecule has 0 atom stereocenters. The zero-order valence-corrected chi connectivity index (χ0v) is 16.8. The van der Waals surface area contributed by atoms with Crippen LogP contribution in [0.2, 0.25) is 0 Å². The number of ether oxygens (including phenoxy) is 1. The van der Waals surface area contributed by atoms with Gasteiger partial charge in [-0.2, -0.15) is 0 Å². The van der Waals surface area contributed by atoms with Crippen LogP contribution in [-0.4, -0.2) is 15.4 Å². The van der Waals surface area contributed by atoms with E-state index in [-0.39, 0.29) is 0 Å². The van der Waals surface area contributed by atoms with Gasteiger partial charge in [-0.1, -0.05) is 84.6 Å². The summed E-state index contributed by atoms with van der Waals surface area (Å²) in [6.45, 7) is 6.17. The van der Waals surface area contributed by atoms with Gasteiger partial charge in [0.05, 0.1) is 7.11 Å². The second-order valence-corrected chi connectivity index (χ2v) is 9.42. The van der Waals surface area contributed by atoms with Crippen LogP contribution in [0.3, 0.4) is 0 Å². The van der Waals surface area contributed by atoms with Crippen molar-refractivity contribution in [2.45, 2.75) is 6.92 Å². The summed E-state index contributed by atoms with van der Waals surface area (Å²) in [5, 5.41) is 2.29. The van der Waals surface area contributed by atoms with Gasteiger partial charge < -0.3 is 9.16 Å². The Bertz CT molecular complexity index is 878. The number of benzene rings is 3. The molecule has 3 heteroatoms. The summed E-state index contributed by atoms with van der Waals surface area (Å²) < 4.78 is 12.4. The number of hydrogen-bond acceptors (Lipinski definition) is 2. The van der Waals surface area contributed by atoms with Crippen LogP contribution >= 0.6 is 0 Å². The smallest absolute Gasteiger partial charge is 0.339 e. The molecule has 0 aromatic heterocycles. The molecule has 0 saturated heterocycles. The molecule has 0 fully saturated rings. The van der Waals surface area contributed by atoms with Crippen molar-refractivity contribution in [3.8, 4) is 11.5 Å². The van der Waals surface area contributed by atoms with Gasteiger partial charge in [0.15, 0.2) is 5.75 Å². The van der Waals surface area contributed by atoms with Gasteiger partial charge in [-0.3, -0.25) is 0 Å². The highest BCUT2D eigenvalue weighted by atomic mass is 28.4. The van der Waals surface area contributed by atoms with Crippen molar-refractivity contribution in [1.82, 2.24) is 0 Å². The Balaban J connectivity index is 2.14. The van der Waals surface area contributed by atoms with Gasteiger partial charge in [0.1, 0.15) is 5.75 Å². The van der Waals surface area contributed by atoms with E-state index in [1.165, 1.54) is 0 Å². The van der Waals surface area contributed by atoms with Gasteiger partial charge in [-0.25, -0.2) is 0 Å². The van der Waals surface area contributed by atoms with Crippen LogP contribution in [-0.2, 0) is 0 Å². The zero-order chi connectivity index (χ0) is 19.1. The molecule has 0 amide bonds. The Morgan fingerprint density at radius 3 is 1.89 bits per heavy atom. The average Bonchev–Trinajstić information content (AvgIpc) is 2.74. The first-order valence-electron chi connectivity index (χ1n) is 8.98. The van der Waals surface area contributed by atoms with Crippen LogP contribution in [0, 0.1) is 0 Å². The Morgan fingerprint density at radius 2 is 1.41 bits per heavy atom. The van der Waals surface area contributed by atoms with Gasteiger partial charge >= 0.3 is 8.32 Å². The van der Waals surface area contributed by atoms with E-state index in [0.29, 0.717) is 0 Å². The third-order valence-electron chi connectivity index (χ3n) is 4.51. The molecule has 0 aliphatic heterocycles. The lowest BCUT2D eigenvalue weighted by Gasteiger charge is -2.30. The molecule has 2 nitrogen and oxygen atoms in total. The van der Waals surface area contributed by atoms with Crippen LogP contribution in [0.15, 0.2) is 97.2 Å². The fourth-order valence-corrected chi connectivity index (χ4v) is 6.19. The van der Waals surface area contributed by atoms with Crippen LogP contribution in [0.1, 0.15) is 12.5 Å². The SMILES string of the molecule is C=C[Si](Oc1ccc(C=CC)cc1OC)(c1ccccc1)c1ccccc1. The number of hydrogen-bond donors (Lipinski definition) is 0. The Labute approximate surface area is 162 Å². The normalized spacial score (nSPS) is 11.3. The predicted octanol–water partition coefficient (Wildman–Crippen LogP) is 4.59. The van der Waals surface area contributed by atoms with Crippen molar-refractivity contribution in [3.63, 3.8) is 0 Å². The van der Waals surface area contributed by atoms with Gasteiger partial charge in [-0.15, -0.1) is 6.58 Å². The van der Waals surface area contributed by atoms with Crippen molar-refractivity contribution in [2.75, 3.05) is 7.11 Å². The standard InChI is InChI=1S/C24H24O2Si/c1-4-12-20-17-18-23(24(19-20)25-3)26-27(5-2,21-13-8-6-9-14-21)22-15-10-7-11-16-22/h4-19H,2H2,1,3H3. The van der Waals surface area contributed by atoms with E-state index in [9.17, 15) is 0 Å². The van der Waals surface area contributed by atoms with Gasteiger partial charge in [0, 0.05) is 0 Å². The van der Waals surface area contributed by atoms with Crippen molar-refractivity contribution in [1.29, 1.82) is 0 Å². The highest BCUT2D eigenvalue weighted by Gasteiger charge is 2.39. The predicted molar refractivity (Wildman–Crippen MR) is 116 cm³/mol. The largest absolute Gasteiger partial charge is 0.528 e. The van der Waals surface area contributed by atoms with E-state index in [1.807, 2.05) is 79.4 Å². The molecule has 0 radical (unpaired) electrons. The van der Waals surface area contributed by atoms with Crippen LogP contribution in [0.5, 0.6) is 11.5 Å². The van der Waals surface area contributed by atoms with Crippen molar-refractivity contribution in [3.05, 3.63) is 103 Å². The minimum Gasteiger partial charge on any atom is -0.528 e. The molecule has 0 N–H and O–H groups in total. The lowest BCUT2D eigenvalue weighted by atomic mass is 10.2. The monoisotopic (exact) mass is 372 g/mol. The van der Waals surface area contributed by atoms with Crippen molar-refractivity contribution in [2.24, 2.45) is 0 Å². The van der Waals surface area contributed by atoms with E-state index in [2.05, 4.69) is 30.8 Å². The molecule has 3 aromatic carbocycles. The highest BCUT2D eigenvalue weighted by Crippen LogP contribution is 2.31. The molecule has 0 spiro atoms. The minimum atomic E-state index is -2.68. The first-order valence-corrected chi connectivity index (χ1v) is 11.0. The van der Waals surface area contributed by atoms with E-state index < -0.39 is 8.32 Å². The lowest BCUT2D eigenvalue weighted by Crippen LogP contribution is -2.62. The summed E-state index contributed by atoms with van der Waals surface area (Å²) in [6, 6.07) is 26.7. The highest BCUT2D eigenvalue weighted by molar-refractivity contribution is 7.01. The molecule has 0 bridgehead atoms. The molecule has 136 valence electrons. The first kappa shape index (κ1) is 18.7. The Morgan fingerprint density at radius 1 is 0.815 bits per heavy atom. The maximum Gasteiger partial charge on any atom is 0.339 e. The molecule has 3 aromatic rings. The molecule has 0 saturated carbocycles. The molecular formula is C24H24O2Si. The van der Waals surface area contributed by atoms with E-state index in [0.717, 1.165) is 27.4 Å². The molecule has 0 heterocycles. The van der Waals surface area contributed by atoms with Crippen molar-refractivity contribution >= 4 is 24.8 Å². The van der Waals surface area contributed by atoms with Gasteiger partial charge in [0.25, 0.3) is 0 Å². The maximum absolute atomic E-state index is 6.75. The molecular weight excluding hydrogens is 348 g/mol. The van der Waals surface area contributed by atoms with E-state index in [4.69, 9.17) is 9.16 Å². The fourth-order valence-electron chi connectivity index (χ4n) is 3.17. The second kappa shape index (κ2) is 8.56. The Hall–Kier alpha value is -3.04. The first-order chi connectivity index (χ1) is 13.2. The second-order valence-electron chi connectivity index (χ2n) is 6.18. The summed E-state index contributed by atoms with van der Waals surface area (Å²) in [5.74, 6) is 1.45. The molecule has 0 aliphatic carbocycles. The van der Waals surface area contributed by atoms with Crippen LogP contribution < -0.4 is 19.5 Å². The summed E-state index contributed by atoms with van der Waals surface area (Å²) >= 11 is 0. The van der Waals surface area contributed by atoms with Crippen molar-refractivity contribution < 1.29 is 9.16 Å². The Kier molecular flexibility index (Phi) is 5.94. The summed E-state index contributed by atoms with van der Waals surface area (Å²) in [4.78, 5) is 0. The average molecular weight is 373 g/mol. The molecule has 0 aliphatic rings. The molecule has 0 unspecified atom stereocenters. The van der Waals surface area contributed by atoms with E-state index in [1.54, 1.807) is 7.11 Å². The summed E-state index contributed by atoms with van der Waals surface area (Å²) in [7, 11) is -1.01. The minimum absolute atomic E-state index is 0.719. The van der Waals surface area contributed by atoms with E-state index >= 15 is 0 Å². The molecule has 3 rings (SSSR count). The topological polar surface area (TPSA) is 18.5 Å². The summed E-state index contributed by atoms with van der Waals surface area (Å²) in [6.07, 6.45) is 4.05. The summed E-state index contributed by atoms with van der Waals surface area (Å²) in [5.41, 5.74) is 3.06. The number of allylic oxidation sites excluding steroid dienone is 1. The molecule has 27 heavy (non-hydrogen) atoms. The zero-order valence-electron chi connectivity index (χ0n) is 15.8. The van der Waals surface area contributed by atoms with Crippen LogP contribution in [0.4, 0.5) is 0 Å².